The molecule has 0 fully saturated rings. The van der Waals surface area contributed by atoms with Gasteiger partial charge in [0, 0.05) is 10.7 Å². The standard InChI is InChI=1S/C16H14ClF3N2O4S/c1-27(24,25)22(13-4-2-3-11(17)9-13)10-15(23)21-12-5-7-14(8-6-12)26-16(18,19)20/h2-9H,10H2,1H3,(H,21,23). The van der Waals surface area contributed by atoms with Crippen LogP contribution in [0.1, 0.15) is 0 Å². The van der Waals surface area contributed by atoms with Crippen molar-refractivity contribution in [2.75, 3.05) is 22.4 Å². The van der Waals surface area contributed by atoms with Crippen LogP contribution in [0.4, 0.5) is 24.5 Å². The number of hydrogen-bond donors (Lipinski definition) is 1. The molecule has 0 atom stereocenters. The fourth-order valence-electron chi connectivity index (χ4n) is 2.10. The predicted octanol–water partition coefficient (Wildman–Crippen LogP) is 3.64. The van der Waals surface area contributed by atoms with E-state index in [2.05, 4.69) is 10.1 Å². The van der Waals surface area contributed by atoms with Crippen molar-refractivity contribution >= 4 is 38.9 Å². The van der Waals surface area contributed by atoms with E-state index in [0.717, 1.165) is 22.7 Å². The minimum absolute atomic E-state index is 0.175. The highest BCUT2D eigenvalue weighted by Gasteiger charge is 2.31. The zero-order valence-electron chi connectivity index (χ0n) is 13.8. The first-order chi connectivity index (χ1) is 12.4. The van der Waals surface area contributed by atoms with Gasteiger partial charge in [0.1, 0.15) is 12.3 Å². The van der Waals surface area contributed by atoms with Crippen molar-refractivity contribution in [1.29, 1.82) is 0 Å². The zero-order valence-corrected chi connectivity index (χ0v) is 15.4. The molecule has 0 aliphatic heterocycles. The van der Waals surface area contributed by atoms with Gasteiger partial charge in [-0.05, 0) is 42.5 Å². The molecule has 0 heterocycles. The lowest BCUT2D eigenvalue weighted by Crippen LogP contribution is -2.37. The minimum Gasteiger partial charge on any atom is -0.406 e. The van der Waals surface area contributed by atoms with Crippen molar-refractivity contribution in [3.05, 3.63) is 53.6 Å². The number of ether oxygens (including phenoxy) is 1. The molecule has 0 spiro atoms. The fourth-order valence-corrected chi connectivity index (χ4v) is 3.13. The number of amides is 1. The second kappa shape index (κ2) is 8.05. The number of alkyl halides is 3. The molecule has 27 heavy (non-hydrogen) atoms. The third kappa shape index (κ3) is 6.65. The van der Waals surface area contributed by atoms with Crippen molar-refractivity contribution in [3.63, 3.8) is 0 Å². The molecule has 146 valence electrons. The van der Waals surface area contributed by atoms with Crippen molar-refractivity contribution in [3.8, 4) is 5.75 Å². The Morgan fingerprint density at radius 1 is 1.19 bits per heavy atom. The number of sulfonamides is 1. The van der Waals surface area contributed by atoms with Gasteiger partial charge in [-0.2, -0.15) is 0 Å². The van der Waals surface area contributed by atoms with Crippen molar-refractivity contribution in [2.24, 2.45) is 0 Å². The largest absolute Gasteiger partial charge is 0.573 e. The highest BCUT2D eigenvalue weighted by atomic mass is 35.5. The summed E-state index contributed by atoms with van der Waals surface area (Å²) in [5.41, 5.74) is 0.378. The molecule has 0 aromatic heterocycles. The number of anilines is 2. The van der Waals surface area contributed by atoms with Crippen LogP contribution in [0.5, 0.6) is 5.75 Å². The Hall–Kier alpha value is -2.46. The normalized spacial score (nSPS) is 11.7. The van der Waals surface area contributed by atoms with Crippen LogP contribution in [0.25, 0.3) is 0 Å². The van der Waals surface area contributed by atoms with Gasteiger partial charge in [0.15, 0.2) is 0 Å². The molecule has 1 N–H and O–H groups in total. The molecular weight excluding hydrogens is 409 g/mol. The molecule has 6 nitrogen and oxygen atoms in total. The Morgan fingerprint density at radius 2 is 1.81 bits per heavy atom. The average molecular weight is 423 g/mol. The summed E-state index contributed by atoms with van der Waals surface area (Å²) in [6.07, 6.45) is -3.89. The van der Waals surface area contributed by atoms with E-state index in [9.17, 15) is 26.4 Å². The van der Waals surface area contributed by atoms with E-state index >= 15 is 0 Å². The van der Waals surface area contributed by atoms with Gasteiger partial charge >= 0.3 is 6.36 Å². The first kappa shape index (κ1) is 20.8. The van der Waals surface area contributed by atoms with Gasteiger partial charge in [-0.1, -0.05) is 17.7 Å². The fraction of sp³-hybridized carbons (Fsp3) is 0.188. The molecular formula is C16H14ClF3N2O4S. The highest BCUT2D eigenvalue weighted by molar-refractivity contribution is 7.92. The van der Waals surface area contributed by atoms with Gasteiger partial charge in [0.05, 0.1) is 11.9 Å². The van der Waals surface area contributed by atoms with Crippen LogP contribution in [0.15, 0.2) is 48.5 Å². The summed E-state index contributed by atoms with van der Waals surface area (Å²) in [5.74, 6) is -1.14. The SMILES string of the molecule is CS(=O)(=O)N(CC(=O)Nc1ccc(OC(F)(F)F)cc1)c1cccc(Cl)c1. The lowest BCUT2D eigenvalue weighted by molar-refractivity contribution is -0.274. The number of halogens is 4. The number of rotatable bonds is 6. The van der Waals surface area contributed by atoms with Gasteiger partial charge in [-0.15, -0.1) is 13.2 Å². The summed E-state index contributed by atoms with van der Waals surface area (Å²) in [5, 5.41) is 2.70. The Morgan fingerprint density at radius 3 is 2.33 bits per heavy atom. The van der Waals surface area contributed by atoms with Crippen LogP contribution in [-0.4, -0.2) is 33.5 Å². The van der Waals surface area contributed by atoms with Crippen LogP contribution in [0.2, 0.25) is 5.02 Å². The first-order valence-corrected chi connectivity index (χ1v) is 9.55. The minimum atomic E-state index is -4.82. The van der Waals surface area contributed by atoms with Crippen molar-refractivity contribution in [1.82, 2.24) is 0 Å². The molecule has 0 aliphatic rings. The molecule has 2 rings (SSSR count). The lowest BCUT2D eigenvalue weighted by Gasteiger charge is -2.22. The monoisotopic (exact) mass is 422 g/mol. The van der Waals surface area contributed by atoms with Gasteiger partial charge in [-0.3, -0.25) is 9.10 Å². The molecule has 0 unspecified atom stereocenters. The maximum Gasteiger partial charge on any atom is 0.573 e. The molecule has 11 heteroatoms. The Bertz CT molecular complexity index is 918. The zero-order chi connectivity index (χ0) is 20.2. The number of benzene rings is 2. The van der Waals surface area contributed by atoms with E-state index in [1.807, 2.05) is 0 Å². The predicted molar refractivity (Wildman–Crippen MR) is 95.4 cm³/mol. The smallest absolute Gasteiger partial charge is 0.406 e. The summed E-state index contributed by atoms with van der Waals surface area (Å²) in [6.45, 7) is -0.542. The number of hydrogen-bond acceptors (Lipinski definition) is 4. The average Bonchev–Trinajstić information content (AvgIpc) is 2.52. The van der Waals surface area contributed by atoms with Gasteiger partial charge in [-0.25, -0.2) is 8.42 Å². The number of carbonyl (C=O) groups is 1. The molecule has 0 bridgehead atoms. The summed E-state index contributed by atoms with van der Waals surface area (Å²) in [6, 6.07) is 10.4. The Kier molecular flexibility index (Phi) is 6.22. The second-order valence-electron chi connectivity index (χ2n) is 5.37. The van der Waals surface area contributed by atoms with Crippen molar-refractivity contribution < 1.29 is 31.1 Å². The third-order valence-electron chi connectivity index (χ3n) is 3.16. The topological polar surface area (TPSA) is 75.7 Å². The molecule has 2 aromatic rings. The van der Waals surface area contributed by atoms with Crippen molar-refractivity contribution in [2.45, 2.75) is 6.36 Å². The summed E-state index contributed by atoms with van der Waals surface area (Å²) in [4.78, 5) is 12.2. The number of carbonyl (C=O) groups excluding carboxylic acids is 1. The number of nitrogens with zero attached hydrogens (tertiary/aromatic N) is 1. The molecule has 0 saturated heterocycles. The molecule has 2 aromatic carbocycles. The first-order valence-electron chi connectivity index (χ1n) is 7.33. The summed E-state index contributed by atoms with van der Waals surface area (Å²) >= 11 is 5.85. The summed E-state index contributed by atoms with van der Waals surface area (Å²) < 4.78 is 65.0. The van der Waals surface area contributed by atoms with E-state index in [1.165, 1.54) is 30.3 Å². The van der Waals surface area contributed by atoms with E-state index in [4.69, 9.17) is 11.6 Å². The molecule has 0 aliphatic carbocycles. The Balaban J connectivity index is 2.10. The lowest BCUT2D eigenvalue weighted by atomic mass is 10.3. The van der Waals surface area contributed by atoms with Crippen LogP contribution in [0.3, 0.4) is 0 Å². The quantitative estimate of drug-likeness (QED) is 0.771. The maximum atomic E-state index is 12.2. The molecule has 0 radical (unpaired) electrons. The highest BCUT2D eigenvalue weighted by Crippen LogP contribution is 2.24. The van der Waals surface area contributed by atoms with Crippen LogP contribution >= 0.6 is 11.6 Å². The summed E-state index contributed by atoms with van der Waals surface area (Å²) in [7, 11) is -3.78. The maximum absolute atomic E-state index is 12.2. The Labute approximate surface area is 158 Å². The third-order valence-corrected chi connectivity index (χ3v) is 4.53. The second-order valence-corrected chi connectivity index (χ2v) is 7.71. The van der Waals surface area contributed by atoms with Crippen LogP contribution < -0.4 is 14.4 Å². The molecule has 0 saturated carbocycles. The number of nitrogens with one attached hydrogen (secondary N) is 1. The van der Waals surface area contributed by atoms with Gasteiger partial charge in [0.25, 0.3) is 0 Å². The van der Waals surface area contributed by atoms with E-state index in [-0.39, 0.29) is 11.4 Å². The van der Waals surface area contributed by atoms with E-state index in [1.54, 1.807) is 6.07 Å². The molecule has 1 amide bonds. The van der Waals surface area contributed by atoms with Gasteiger partial charge < -0.3 is 10.1 Å². The van der Waals surface area contributed by atoms with Gasteiger partial charge in [0.2, 0.25) is 15.9 Å². The van der Waals surface area contributed by atoms with E-state index < -0.39 is 34.6 Å². The van der Waals surface area contributed by atoms with E-state index in [0.29, 0.717) is 5.02 Å². The van der Waals surface area contributed by atoms with Crippen LogP contribution in [0, 0.1) is 0 Å². The van der Waals surface area contributed by atoms with Crippen LogP contribution in [-0.2, 0) is 14.8 Å².